The molecule has 170 valence electrons. The van der Waals surface area contributed by atoms with Crippen LogP contribution in [0.4, 0.5) is 5.69 Å². The van der Waals surface area contributed by atoms with Crippen molar-refractivity contribution in [3.05, 3.63) is 88.8 Å². The molecule has 0 spiro atoms. The van der Waals surface area contributed by atoms with Crippen LogP contribution >= 0.6 is 0 Å². The number of carbonyl (C=O) groups excluding carboxylic acids is 1. The van der Waals surface area contributed by atoms with Crippen molar-refractivity contribution in [1.82, 2.24) is 0 Å². The number of benzene rings is 3. The van der Waals surface area contributed by atoms with Crippen LogP contribution in [-0.4, -0.2) is 19.6 Å². The topological polar surface area (TPSA) is 90.9 Å². The zero-order valence-electron chi connectivity index (χ0n) is 18.6. The Morgan fingerprint density at radius 1 is 0.941 bits per heavy atom. The number of ether oxygens (including phenoxy) is 2. The molecule has 2 heterocycles. The summed E-state index contributed by atoms with van der Waals surface area (Å²) in [6.45, 7) is 2.37. The molecule has 5 rings (SSSR count). The maximum atomic E-state index is 12.8. The third-order valence-corrected chi connectivity index (χ3v) is 5.39. The van der Waals surface area contributed by atoms with Gasteiger partial charge in [0.05, 0.1) is 24.7 Å². The summed E-state index contributed by atoms with van der Waals surface area (Å²) < 4.78 is 22.7. The first-order valence-electron chi connectivity index (χ1n) is 10.8. The number of para-hydroxylation sites is 2. The standard InChI is InChI=1S/C27H21NO6/c1-3-32-21-9-5-4-8-19(21)24-15-20(29)18-12-11-17(14-23(18)33-24)28-27(30)25-13-16-7-6-10-22(31-2)26(16)34-25/h4-15H,3H2,1-2H3,(H,28,30). The molecular weight excluding hydrogens is 434 g/mol. The average molecular weight is 455 g/mol. The molecule has 3 aromatic carbocycles. The minimum Gasteiger partial charge on any atom is -0.493 e. The van der Waals surface area contributed by atoms with Gasteiger partial charge in [0.25, 0.3) is 5.91 Å². The minimum absolute atomic E-state index is 0.139. The van der Waals surface area contributed by atoms with Gasteiger partial charge in [-0.15, -0.1) is 0 Å². The SMILES string of the molecule is CCOc1ccccc1-c1cc(=O)c2ccc(NC(=O)c3cc4cccc(OC)c4o3)cc2o1. The Kier molecular flexibility index (Phi) is 5.51. The van der Waals surface area contributed by atoms with E-state index < -0.39 is 5.91 Å². The summed E-state index contributed by atoms with van der Waals surface area (Å²) in [5, 5.41) is 3.96. The fourth-order valence-electron chi connectivity index (χ4n) is 3.82. The molecule has 1 amide bonds. The van der Waals surface area contributed by atoms with E-state index in [1.165, 1.54) is 6.07 Å². The van der Waals surface area contributed by atoms with E-state index in [-0.39, 0.29) is 11.2 Å². The van der Waals surface area contributed by atoms with Crippen molar-refractivity contribution in [1.29, 1.82) is 0 Å². The van der Waals surface area contributed by atoms with Gasteiger partial charge < -0.3 is 23.6 Å². The number of hydrogen-bond acceptors (Lipinski definition) is 6. The molecule has 0 fully saturated rings. The molecular formula is C27H21NO6. The Labute approximate surface area is 194 Å². The Balaban J connectivity index is 1.49. The van der Waals surface area contributed by atoms with Crippen molar-refractivity contribution in [3.8, 4) is 22.8 Å². The highest BCUT2D eigenvalue weighted by molar-refractivity contribution is 6.05. The molecule has 0 atom stereocenters. The van der Waals surface area contributed by atoms with Crippen molar-refractivity contribution < 1.29 is 23.1 Å². The van der Waals surface area contributed by atoms with Crippen LogP contribution in [0.3, 0.4) is 0 Å². The predicted octanol–water partition coefficient (Wildman–Crippen LogP) is 5.87. The van der Waals surface area contributed by atoms with E-state index >= 15 is 0 Å². The number of rotatable bonds is 6. The molecule has 0 bridgehead atoms. The minimum atomic E-state index is -0.433. The Morgan fingerprint density at radius 2 is 1.76 bits per heavy atom. The number of hydrogen-bond donors (Lipinski definition) is 1. The van der Waals surface area contributed by atoms with Crippen LogP contribution in [-0.2, 0) is 0 Å². The van der Waals surface area contributed by atoms with Crippen LogP contribution in [0.25, 0.3) is 33.3 Å². The molecule has 5 aromatic rings. The quantitative estimate of drug-likeness (QED) is 0.345. The Hall–Kier alpha value is -4.52. The maximum Gasteiger partial charge on any atom is 0.291 e. The first-order chi connectivity index (χ1) is 16.6. The van der Waals surface area contributed by atoms with Gasteiger partial charge in [-0.1, -0.05) is 24.3 Å². The first kappa shape index (κ1) is 21.3. The lowest BCUT2D eigenvalue weighted by Gasteiger charge is -2.10. The number of nitrogens with one attached hydrogen (secondary N) is 1. The van der Waals surface area contributed by atoms with E-state index in [0.717, 1.165) is 5.39 Å². The second-order valence-electron chi connectivity index (χ2n) is 7.56. The highest BCUT2D eigenvalue weighted by Crippen LogP contribution is 2.32. The van der Waals surface area contributed by atoms with Crippen molar-refractivity contribution in [2.24, 2.45) is 0 Å². The van der Waals surface area contributed by atoms with E-state index in [4.69, 9.17) is 18.3 Å². The van der Waals surface area contributed by atoms with Crippen LogP contribution in [0.15, 0.2) is 86.4 Å². The second-order valence-corrected chi connectivity index (χ2v) is 7.56. The average Bonchev–Trinajstić information content (AvgIpc) is 3.29. The summed E-state index contributed by atoms with van der Waals surface area (Å²) in [5.41, 5.74) is 1.79. The maximum absolute atomic E-state index is 12.8. The first-order valence-corrected chi connectivity index (χ1v) is 10.8. The highest BCUT2D eigenvalue weighted by Gasteiger charge is 2.16. The molecule has 7 heteroatoms. The van der Waals surface area contributed by atoms with Crippen LogP contribution in [0.2, 0.25) is 0 Å². The Bertz CT molecular complexity index is 1580. The van der Waals surface area contributed by atoms with Gasteiger partial charge in [-0.05, 0) is 43.3 Å². The Morgan fingerprint density at radius 3 is 2.59 bits per heavy atom. The summed E-state index contributed by atoms with van der Waals surface area (Å²) in [6.07, 6.45) is 0. The summed E-state index contributed by atoms with van der Waals surface area (Å²) in [4.78, 5) is 25.6. The van der Waals surface area contributed by atoms with Gasteiger partial charge in [0.15, 0.2) is 22.5 Å². The van der Waals surface area contributed by atoms with E-state index in [9.17, 15) is 9.59 Å². The lowest BCUT2D eigenvalue weighted by molar-refractivity contribution is 0.0998. The molecule has 0 radical (unpaired) electrons. The number of furan rings is 1. The zero-order valence-corrected chi connectivity index (χ0v) is 18.6. The van der Waals surface area contributed by atoms with Gasteiger partial charge in [0.1, 0.15) is 17.1 Å². The van der Waals surface area contributed by atoms with Crippen molar-refractivity contribution in [3.63, 3.8) is 0 Å². The third-order valence-electron chi connectivity index (χ3n) is 5.39. The van der Waals surface area contributed by atoms with E-state index in [2.05, 4.69) is 5.32 Å². The smallest absolute Gasteiger partial charge is 0.291 e. The highest BCUT2D eigenvalue weighted by atomic mass is 16.5. The molecule has 34 heavy (non-hydrogen) atoms. The van der Waals surface area contributed by atoms with E-state index in [1.807, 2.05) is 43.3 Å². The van der Waals surface area contributed by atoms with Gasteiger partial charge in [0, 0.05) is 23.2 Å². The molecule has 1 N–H and O–H groups in total. The van der Waals surface area contributed by atoms with E-state index in [1.54, 1.807) is 37.4 Å². The largest absolute Gasteiger partial charge is 0.493 e. The number of methoxy groups -OCH3 is 1. The van der Waals surface area contributed by atoms with Crippen LogP contribution < -0.4 is 20.2 Å². The molecule has 0 aliphatic rings. The van der Waals surface area contributed by atoms with Crippen LogP contribution in [0.1, 0.15) is 17.5 Å². The molecule has 0 saturated heterocycles. The summed E-state index contributed by atoms with van der Waals surface area (Å²) in [6, 6.07) is 20.8. The molecule has 7 nitrogen and oxygen atoms in total. The molecule has 0 aliphatic heterocycles. The van der Waals surface area contributed by atoms with Crippen LogP contribution in [0, 0.1) is 0 Å². The van der Waals surface area contributed by atoms with Crippen molar-refractivity contribution in [2.75, 3.05) is 19.0 Å². The van der Waals surface area contributed by atoms with Crippen molar-refractivity contribution in [2.45, 2.75) is 6.92 Å². The predicted molar refractivity (Wildman–Crippen MR) is 130 cm³/mol. The number of fused-ring (bicyclic) bond motifs is 2. The third kappa shape index (κ3) is 3.88. The molecule has 0 unspecified atom stereocenters. The second kappa shape index (κ2) is 8.78. The van der Waals surface area contributed by atoms with E-state index in [0.29, 0.717) is 51.7 Å². The van der Waals surface area contributed by atoms with Gasteiger partial charge in [-0.2, -0.15) is 0 Å². The summed E-state index contributed by atoms with van der Waals surface area (Å²) in [5.74, 6) is 1.26. The zero-order chi connectivity index (χ0) is 23.7. The van der Waals surface area contributed by atoms with Gasteiger partial charge in [-0.3, -0.25) is 9.59 Å². The fourth-order valence-corrected chi connectivity index (χ4v) is 3.82. The van der Waals surface area contributed by atoms with Gasteiger partial charge in [0.2, 0.25) is 0 Å². The van der Waals surface area contributed by atoms with Gasteiger partial charge in [-0.25, -0.2) is 0 Å². The summed E-state index contributed by atoms with van der Waals surface area (Å²) in [7, 11) is 1.54. The molecule has 2 aromatic heterocycles. The molecule has 0 aliphatic carbocycles. The fraction of sp³-hybridized carbons (Fsp3) is 0.111. The number of anilines is 1. The van der Waals surface area contributed by atoms with Gasteiger partial charge >= 0.3 is 0 Å². The lowest BCUT2D eigenvalue weighted by atomic mass is 10.1. The summed E-state index contributed by atoms with van der Waals surface area (Å²) >= 11 is 0. The van der Waals surface area contributed by atoms with Crippen molar-refractivity contribution >= 4 is 33.5 Å². The number of amides is 1. The normalized spacial score (nSPS) is 11.0. The van der Waals surface area contributed by atoms with Crippen LogP contribution in [0.5, 0.6) is 11.5 Å². The lowest BCUT2D eigenvalue weighted by Crippen LogP contribution is -2.11. The molecule has 0 saturated carbocycles. The monoisotopic (exact) mass is 455 g/mol. The number of carbonyl (C=O) groups is 1.